The van der Waals surface area contributed by atoms with Gasteiger partial charge in [0.05, 0.1) is 7.11 Å². The zero-order valence-corrected chi connectivity index (χ0v) is 12.0. The van der Waals surface area contributed by atoms with Crippen molar-refractivity contribution in [3.8, 4) is 17.2 Å². The van der Waals surface area contributed by atoms with E-state index in [-0.39, 0.29) is 11.5 Å². The Morgan fingerprint density at radius 1 is 0.955 bits per heavy atom. The minimum absolute atomic E-state index is 0.0539. The molecule has 0 aliphatic carbocycles. The molecular formula is C18H15NO3. The number of hydrogen-bond acceptors (Lipinski definition) is 4. The summed E-state index contributed by atoms with van der Waals surface area (Å²) in [6, 6.07) is 16.0. The van der Waals surface area contributed by atoms with E-state index in [0.29, 0.717) is 16.5 Å². The van der Waals surface area contributed by atoms with Crippen molar-refractivity contribution >= 4 is 22.7 Å². The summed E-state index contributed by atoms with van der Waals surface area (Å²) in [4.78, 5) is 4.27. The number of fused-ring (bicyclic) bond motifs is 1. The third-order valence-electron chi connectivity index (χ3n) is 3.44. The number of phenols is 2. The second-order valence-corrected chi connectivity index (χ2v) is 4.84. The van der Waals surface area contributed by atoms with Crippen molar-refractivity contribution < 1.29 is 14.9 Å². The van der Waals surface area contributed by atoms with Crippen molar-refractivity contribution in [1.82, 2.24) is 0 Å². The van der Waals surface area contributed by atoms with E-state index in [1.165, 1.54) is 6.07 Å². The molecule has 0 aromatic heterocycles. The van der Waals surface area contributed by atoms with Crippen LogP contribution in [0.5, 0.6) is 17.2 Å². The molecule has 4 heteroatoms. The normalized spacial score (nSPS) is 11.1. The molecule has 0 fully saturated rings. The fourth-order valence-electron chi connectivity index (χ4n) is 2.26. The topological polar surface area (TPSA) is 62.0 Å². The maximum Gasteiger partial charge on any atom is 0.149 e. The lowest BCUT2D eigenvalue weighted by atomic mass is 10.1. The summed E-state index contributed by atoms with van der Waals surface area (Å²) in [7, 11) is 1.61. The van der Waals surface area contributed by atoms with E-state index in [1.54, 1.807) is 31.5 Å². The summed E-state index contributed by atoms with van der Waals surface area (Å²) >= 11 is 0. The van der Waals surface area contributed by atoms with E-state index in [9.17, 15) is 10.2 Å². The zero-order chi connectivity index (χ0) is 15.5. The van der Waals surface area contributed by atoms with Gasteiger partial charge in [-0.15, -0.1) is 0 Å². The first kappa shape index (κ1) is 13.9. The fraction of sp³-hybridized carbons (Fsp3) is 0.0556. The third-order valence-corrected chi connectivity index (χ3v) is 3.44. The first-order chi connectivity index (χ1) is 10.7. The smallest absolute Gasteiger partial charge is 0.149 e. The van der Waals surface area contributed by atoms with Gasteiger partial charge < -0.3 is 14.9 Å². The van der Waals surface area contributed by atoms with Crippen LogP contribution in [0.15, 0.2) is 59.6 Å². The minimum Gasteiger partial charge on any atom is -0.507 e. The van der Waals surface area contributed by atoms with E-state index in [2.05, 4.69) is 4.99 Å². The third kappa shape index (κ3) is 2.59. The highest BCUT2D eigenvalue weighted by Gasteiger charge is 2.09. The number of ether oxygens (including phenoxy) is 1. The van der Waals surface area contributed by atoms with Crippen LogP contribution in [-0.4, -0.2) is 23.5 Å². The van der Waals surface area contributed by atoms with Crippen molar-refractivity contribution in [3.63, 3.8) is 0 Å². The van der Waals surface area contributed by atoms with Crippen LogP contribution < -0.4 is 4.74 Å². The predicted molar refractivity (Wildman–Crippen MR) is 87.5 cm³/mol. The average Bonchev–Trinajstić information content (AvgIpc) is 2.57. The Hall–Kier alpha value is -3.01. The van der Waals surface area contributed by atoms with E-state index in [0.717, 1.165) is 11.3 Å². The highest BCUT2D eigenvalue weighted by atomic mass is 16.5. The summed E-state index contributed by atoms with van der Waals surface area (Å²) in [6.07, 6.45) is 1.63. The molecule has 3 rings (SSSR count). The first-order valence-corrected chi connectivity index (χ1v) is 6.81. The van der Waals surface area contributed by atoms with E-state index >= 15 is 0 Å². The molecular weight excluding hydrogens is 278 g/mol. The Morgan fingerprint density at radius 3 is 2.32 bits per heavy atom. The van der Waals surface area contributed by atoms with Gasteiger partial charge in [-0.05, 0) is 29.8 Å². The fourth-order valence-corrected chi connectivity index (χ4v) is 2.26. The molecule has 0 heterocycles. The molecule has 110 valence electrons. The molecule has 0 unspecified atom stereocenters. The molecule has 0 bridgehead atoms. The van der Waals surface area contributed by atoms with Gasteiger partial charge in [-0.2, -0.15) is 0 Å². The van der Waals surface area contributed by atoms with Crippen molar-refractivity contribution in [2.24, 2.45) is 4.99 Å². The molecule has 0 saturated heterocycles. The van der Waals surface area contributed by atoms with Crippen LogP contribution in [0.4, 0.5) is 5.69 Å². The lowest BCUT2D eigenvalue weighted by Gasteiger charge is -2.06. The monoisotopic (exact) mass is 293 g/mol. The van der Waals surface area contributed by atoms with Gasteiger partial charge in [-0.1, -0.05) is 24.3 Å². The molecule has 3 aromatic rings. The standard InChI is InChI=1S/C18H15NO3/c1-22-13-8-6-12(7-9-13)11-19-16-10-17(20)14-4-2-3-5-15(14)18(16)21/h2-11,20-21H,1H3. The van der Waals surface area contributed by atoms with Crippen molar-refractivity contribution in [3.05, 3.63) is 60.2 Å². The molecule has 3 aromatic carbocycles. The van der Waals surface area contributed by atoms with Crippen LogP contribution in [-0.2, 0) is 0 Å². The number of phenolic OH excluding ortho intramolecular Hbond substituents is 2. The second kappa shape index (κ2) is 5.77. The molecule has 0 saturated carbocycles. The van der Waals surface area contributed by atoms with Crippen LogP contribution in [0.3, 0.4) is 0 Å². The van der Waals surface area contributed by atoms with Crippen LogP contribution in [0.2, 0.25) is 0 Å². The van der Waals surface area contributed by atoms with Gasteiger partial charge in [0.1, 0.15) is 22.9 Å². The van der Waals surface area contributed by atoms with Gasteiger partial charge in [0.25, 0.3) is 0 Å². The highest BCUT2D eigenvalue weighted by Crippen LogP contribution is 2.39. The second-order valence-electron chi connectivity index (χ2n) is 4.84. The Balaban J connectivity index is 1.99. The maximum absolute atomic E-state index is 10.3. The van der Waals surface area contributed by atoms with Gasteiger partial charge >= 0.3 is 0 Å². The molecule has 0 amide bonds. The van der Waals surface area contributed by atoms with Crippen LogP contribution in [0.1, 0.15) is 5.56 Å². The molecule has 0 spiro atoms. The number of benzene rings is 3. The Kier molecular flexibility index (Phi) is 3.66. The quantitative estimate of drug-likeness (QED) is 0.566. The summed E-state index contributed by atoms with van der Waals surface area (Å²) in [5, 5.41) is 21.5. The lowest BCUT2D eigenvalue weighted by molar-refractivity contribution is 0.415. The van der Waals surface area contributed by atoms with Crippen molar-refractivity contribution in [1.29, 1.82) is 0 Å². The van der Waals surface area contributed by atoms with Crippen LogP contribution >= 0.6 is 0 Å². The summed E-state index contributed by atoms with van der Waals surface area (Å²) in [5.41, 5.74) is 1.19. The molecule has 2 N–H and O–H groups in total. The Labute approximate surface area is 127 Å². The van der Waals surface area contributed by atoms with Gasteiger partial charge in [0, 0.05) is 23.1 Å². The van der Waals surface area contributed by atoms with Gasteiger partial charge in [-0.3, -0.25) is 4.99 Å². The zero-order valence-electron chi connectivity index (χ0n) is 12.0. The largest absolute Gasteiger partial charge is 0.507 e. The Bertz CT molecular complexity index is 839. The average molecular weight is 293 g/mol. The lowest BCUT2D eigenvalue weighted by Crippen LogP contribution is -1.84. The number of aliphatic imine (C=N–C) groups is 1. The SMILES string of the molecule is COc1ccc(C=Nc2cc(O)c3ccccc3c2O)cc1. The molecule has 22 heavy (non-hydrogen) atoms. The predicted octanol–water partition coefficient (Wildman–Crippen LogP) is 4.01. The Morgan fingerprint density at radius 2 is 1.64 bits per heavy atom. The first-order valence-electron chi connectivity index (χ1n) is 6.81. The minimum atomic E-state index is 0.0539. The summed E-state index contributed by atoms with van der Waals surface area (Å²) in [6.45, 7) is 0. The van der Waals surface area contributed by atoms with Crippen LogP contribution in [0, 0.1) is 0 Å². The number of nitrogens with zero attached hydrogens (tertiary/aromatic N) is 1. The maximum atomic E-state index is 10.3. The van der Waals surface area contributed by atoms with Gasteiger partial charge in [-0.25, -0.2) is 0 Å². The van der Waals surface area contributed by atoms with E-state index in [4.69, 9.17) is 4.74 Å². The number of rotatable bonds is 3. The van der Waals surface area contributed by atoms with E-state index < -0.39 is 0 Å². The molecule has 0 radical (unpaired) electrons. The van der Waals surface area contributed by atoms with Crippen molar-refractivity contribution in [2.45, 2.75) is 0 Å². The van der Waals surface area contributed by atoms with E-state index in [1.807, 2.05) is 30.3 Å². The molecule has 0 atom stereocenters. The molecule has 0 aliphatic heterocycles. The number of methoxy groups -OCH3 is 1. The molecule has 0 aliphatic rings. The number of hydrogen-bond donors (Lipinski definition) is 2. The van der Waals surface area contributed by atoms with Crippen molar-refractivity contribution in [2.75, 3.05) is 7.11 Å². The summed E-state index contributed by atoms with van der Waals surface area (Å²) in [5.74, 6) is 0.914. The highest BCUT2D eigenvalue weighted by molar-refractivity contribution is 5.98. The van der Waals surface area contributed by atoms with Gasteiger partial charge in [0.2, 0.25) is 0 Å². The molecule has 4 nitrogen and oxygen atoms in total. The number of aromatic hydroxyl groups is 2. The summed E-state index contributed by atoms with van der Waals surface area (Å²) < 4.78 is 5.10. The van der Waals surface area contributed by atoms with Gasteiger partial charge in [0.15, 0.2) is 0 Å². The van der Waals surface area contributed by atoms with Crippen LogP contribution in [0.25, 0.3) is 10.8 Å².